The van der Waals surface area contributed by atoms with Gasteiger partial charge in [0.2, 0.25) is 0 Å². The molecule has 7 atom stereocenters. The minimum atomic E-state index is -5.99. The number of phosphoric ester groups is 1. The zero-order valence-corrected chi connectivity index (χ0v) is 27.5. The Morgan fingerprint density at radius 3 is 1.84 bits per heavy atom. The average Bonchev–Trinajstić information content (AvgIpc) is 3.16. The van der Waals surface area contributed by atoms with Gasteiger partial charge in [-0.3, -0.25) is 19.0 Å². The SMILES string of the molecule is O=C(C[C@@]1(O)[C@@H](COP(=O)(O)OP(=O)(O)OP(=O)(O)O)O[C@@H](N2CCC(O)NC2=O)[C@@]1(O)CC(=O)Oc1ccccc1)Oc1ccccc1. The molecule has 49 heavy (non-hydrogen) atoms. The van der Waals surface area contributed by atoms with Crippen molar-refractivity contribution in [1.29, 1.82) is 0 Å². The van der Waals surface area contributed by atoms with E-state index in [-0.39, 0.29) is 24.5 Å². The highest BCUT2D eigenvalue weighted by Gasteiger charge is 2.70. The van der Waals surface area contributed by atoms with E-state index in [0.29, 0.717) is 0 Å². The molecule has 24 heteroatoms. The first-order valence-corrected chi connectivity index (χ1v) is 18.4. The molecule has 2 fully saturated rings. The fourth-order valence-electron chi connectivity index (χ4n) is 4.99. The molecule has 2 aromatic carbocycles. The van der Waals surface area contributed by atoms with Crippen LogP contribution in [-0.4, -0.2) is 101 Å². The van der Waals surface area contributed by atoms with E-state index < -0.39 is 90.6 Å². The summed E-state index contributed by atoms with van der Waals surface area (Å²) in [5, 5.41) is 36.4. The van der Waals surface area contributed by atoms with Gasteiger partial charge in [-0.25, -0.2) is 18.5 Å². The Kier molecular flexibility index (Phi) is 11.9. The van der Waals surface area contributed by atoms with Crippen LogP contribution in [0.5, 0.6) is 11.5 Å². The van der Waals surface area contributed by atoms with Crippen molar-refractivity contribution in [2.45, 2.75) is 49.0 Å². The zero-order chi connectivity index (χ0) is 36.3. The van der Waals surface area contributed by atoms with E-state index in [9.17, 15) is 53.2 Å². The van der Waals surface area contributed by atoms with Gasteiger partial charge in [0.05, 0.1) is 19.4 Å². The molecule has 21 nitrogen and oxygen atoms in total. The van der Waals surface area contributed by atoms with Crippen LogP contribution in [0.2, 0.25) is 0 Å². The van der Waals surface area contributed by atoms with Crippen LogP contribution in [0, 0.1) is 0 Å². The highest BCUT2D eigenvalue weighted by atomic mass is 31.3. The van der Waals surface area contributed by atoms with Crippen LogP contribution in [0.1, 0.15) is 19.3 Å². The molecule has 2 heterocycles. The molecule has 2 aliphatic rings. The first kappa shape index (κ1) is 38.7. The topological polar surface area (TPSA) is 315 Å². The number of rotatable bonds is 14. The lowest BCUT2D eigenvalue weighted by molar-refractivity contribution is -0.187. The molecule has 0 aliphatic carbocycles. The minimum absolute atomic E-state index is 0.0124. The molecule has 0 saturated carbocycles. The molecule has 2 aromatic rings. The van der Waals surface area contributed by atoms with Crippen molar-refractivity contribution < 1.29 is 90.3 Å². The number of carbonyl (C=O) groups excluding carboxylic acids is 3. The largest absolute Gasteiger partial charge is 0.490 e. The zero-order valence-electron chi connectivity index (χ0n) is 24.9. The molecule has 2 saturated heterocycles. The number of aliphatic hydroxyl groups excluding tert-OH is 1. The Morgan fingerprint density at radius 1 is 0.837 bits per heavy atom. The summed E-state index contributed by atoms with van der Waals surface area (Å²) in [6, 6.07) is 13.6. The third-order valence-corrected chi connectivity index (χ3v) is 10.8. The van der Waals surface area contributed by atoms with E-state index in [4.69, 9.17) is 24.0 Å². The van der Waals surface area contributed by atoms with Crippen molar-refractivity contribution in [2.75, 3.05) is 13.2 Å². The second-order valence-electron chi connectivity index (χ2n) is 10.6. The number of hydrogen-bond donors (Lipinski definition) is 8. The van der Waals surface area contributed by atoms with Gasteiger partial charge in [-0.15, -0.1) is 0 Å². The summed E-state index contributed by atoms with van der Waals surface area (Å²) in [6.45, 7) is -1.80. The lowest BCUT2D eigenvalue weighted by Crippen LogP contribution is -2.67. The Balaban J connectivity index is 1.71. The standard InChI is InChI=1S/C25H31N2O19P3/c28-19-11-12-27(23(31)26-19)22-25(33,14-21(30)43-17-9-5-2-6-10-17)24(32,13-20(29)42-16-7-3-1-4-8-16)18(44-22)15-41-48(37,38)46-49(39,40)45-47(34,35)36/h1-10,18-19,22,28,32-33H,11-15H2,(H,26,31)(H,37,38)(H,39,40)(H2,34,35,36)/t18-,19?,22-,24-,25+/m1/s1. The average molecular weight is 756 g/mol. The van der Waals surface area contributed by atoms with Crippen LogP contribution < -0.4 is 14.8 Å². The van der Waals surface area contributed by atoms with Crippen LogP contribution in [0.25, 0.3) is 0 Å². The molecule has 8 N–H and O–H groups in total. The molecule has 3 unspecified atom stereocenters. The number of aliphatic hydroxyl groups is 3. The highest BCUT2D eigenvalue weighted by Crippen LogP contribution is 2.66. The number of para-hydroxylation sites is 2. The van der Waals surface area contributed by atoms with Crippen LogP contribution in [0.4, 0.5) is 4.79 Å². The molecule has 0 aromatic heterocycles. The summed E-state index contributed by atoms with van der Waals surface area (Å²) >= 11 is 0. The van der Waals surface area contributed by atoms with Gasteiger partial charge in [-0.2, -0.15) is 8.62 Å². The minimum Gasteiger partial charge on any atom is -0.426 e. The van der Waals surface area contributed by atoms with Crippen molar-refractivity contribution in [2.24, 2.45) is 0 Å². The Labute approximate surface area is 276 Å². The van der Waals surface area contributed by atoms with Gasteiger partial charge in [0.25, 0.3) is 0 Å². The Hall–Kier alpha value is -3.10. The molecule has 2 amide bonds. The van der Waals surface area contributed by atoms with Crippen LogP contribution in [-0.2, 0) is 41.2 Å². The third-order valence-electron chi connectivity index (χ3n) is 7.04. The Morgan fingerprint density at radius 2 is 1.35 bits per heavy atom. The Bertz CT molecular complexity index is 1660. The number of amides is 2. The summed E-state index contributed by atoms with van der Waals surface area (Å²) in [6.07, 6.45) is -8.29. The molecule has 0 radical (unpaired) electrons. The van der Waals surface area contributed by atoms with Crippen molar-refractivity contribution in [1.82, 2.24) is 10.2 Å². The number of benzene rings is 2. The number of urea groups is 1. The highest BCUT2D eigenvalue weighted by molar-refractivity contribution is 7.66. The van der Waals surface area contributed by atoms with Crippen molar-refractivity contribution in [3.05, 3.63) is 60.7 Å². The number of hydrogen-bond acceptors (Lipinski definition) is 15. The predicted octanol–water partition coefficient (Wildman–Crippen LogP) is 0.242. The van der Waals surface area contributed by atoms with E-state index in [2.05, 4.69) is 18.5 Å². The smallest absolute Gasteiger partial charge is 0.426 e. The maximum Gasteiger partial charge on any atom is 0.490 e. The van der Waals surface area contributed by atoms with Gasteiger partial charge in [-0.05, 0) is 24.3 Å². The number of carbonyl (C=O) groups is 3. The molecule has 0 bridgehead atoms. The van der Waals surface area contributed by atoms with Gasteiger partial charge in [0.15, 0.2) is 11.8 Å². The summed E-state index contributed by atoms with van der Waals surface area (Å²) in [5.74, 6) is -2.55. The van der Waals surface area contributed by atoms with Gasteiger partial charge < -0.3 is 54.4 Å². The van der Waals surface area contributed by atoms with E-state index in [1.807, 2.05) is 0 Å². The number of esters is 2. The molecule has 2 aliphatic heterocycles. The van der Waals surface area contributed by atoms with Crippen molar-refractivity contribution in [3.8, 4) is 11.5 Å². The normalized spacial score (nSPS) is 28.2. The van der Waals surface area contributed by atoms with Gasteiger partial charge in [-0.1, -0.05) is 36.4 Å². The predicted molar refractivity (Wildman–Crippen MR) is 158 cm³/mol. The van der Waals surface area contributed by atoms with Crippen LogP contribution in [0.3, 0.4) is 0 Å². The summed E-state index contributed by atoms with van der Waals surface area (Å²) in [5.41, 5.74) is -6.14. The van der Waals surface area contributed by atoms with Gasteiger partial charge >= 0.3 is 41.4 Å². The second-order valence-corrected chi connectivity index (χ2v) is 15.0. The molecule has 0 spiro atoms. The lowest BCUT2D eigenvalue weighted by Gasteiger charge is -2.43. The van der Waals surface area contributed by atoms with Crippen LogP contribution in [0.15, 0.2) is 60.7 Å². The fourth-order valence-corrected chi connectivity index (χ4v) is 8.01. The summed E-state index contributed by atoms with van der Waals surface area (Å²) in [4.78, 5) is 77.1. The van der Waals surface area contributed by atoms with E-state index in [1.54, 1.807) is 12.1 Å². The van der Waals surface area contributed by atoms with Gasteiger partial charge in [0.1, 0.15) is 29.4 Å². The maximum absolute atomic E-state index is 13.2. The van der Waals surface area contributed by atoms with E-state index in [1.165, 1.54) is 48.5 Å². The first-order valence-electron chi connectivity index (χ1n) is 13.9. The van der Waals surface area contributed by atoms with Gasteiger partial charge in [0, 0.05) is 13.0 Å². The summed E-state index contributed by atoms with van der Waals surface area (Å²) < 4.78 is 63.5. The number of nitrogens with zero attached hydrogens (tertiary/aromatic N) is 1. The van der Waals surface area contributed by atoms with E-state index in [0.717, 1.165) is 4.90 Å². The van der Waals surface area contributed by atoms with Crippen LogP contribution >= 0.6 is 23.5 Å². The molecule has 4 rings (SSSR count). The number of nitrogens with one attached hydrogen (secondary N) is 1. The third kappa shape index (κ3) is 10.0. The molecular formula is C25H31N2O19P3. The monoisotopic (exact) mass is 756 g/mol. The summed E-state index contributed by atoms with van der Waals surface area (Å²) in [7, 11) is -17.6. The van der Waals surface area contributed by atoms with Crippen molar-refractivity contribution >= 4 is 41.4 Å². The van der Waals surface area contributed by atoms with E-state index >= 15 is 0 Å². The quantitative estimate of drug-likeness (QED) is 0.0727. The second kappa shape index (κ2) is 15.0. The molecule has 270 valence electrons. The first-order chi connectivity index (χ1) is 22.7. The number of ether oxygens (including phenoxy) is 3. The van der Waals surface area contributed by atoms with Crippen molar-refractivity contribution in [3.63, 3.8) is 0 Å². The number of phosphoric acid groups is 3. The maximum atomic E-state index is 13.2. The fraction of sp³-hybridized carbons (Fsp3) is 0.400. The lowest BCUT2D eigenvalue weighted by atomic mass is 9.75. The molecular weight excluding hydrogens is 725 g/mol.